The predicted molar refractivity (Wildman–Crippen MR) is 135 cm³/mol. The SMILES string of the molecule is O=C(CSCC(NC(=O)OCC1c2ccccc2-c2ccccc21)C(=O)O)NCc1ccc(F)cc1. The van der Waals surface area contributed by atoms with E-state index in [0.717, 1.165) is 39.6 Å². The highest BCUT2D eigenvalue weighted by atomic mass is 32.2. The van der Waals surface area contributed by atoms with Crippen LogP contribution in [0.3, 0.4) is 0 Å². The van der Waals surface area contributed by atoms with E-state index in [1.54, 1.807) is 12.1 Å². The lowest BCUT2D eigenvalue weighted by molar-refractivity contribution is -0.138. The molecule has 9 heteroatoms. The maximum Gasteiger partial charge on any atom is 0.407 e. The molecule has 4 rings (SSSR count). The number of amides is 2. The van der Waals surface area contributed by atoms with Gasteiger partial charge in [0, 0.05) is 18.2 Å². The number of rotatable bonds is 10. The van der Waals surface area contributed by atoms with Crippen molar-refractivity contribution in [3.05, 3.63) is 95.3 Å². The van der Waals surface area contributed by atoms with Gasteiger partial charge in [-0.2, -0.15) is 0 Å². The molecule has 0 saturated carbocycles. The number of nitrogens with one attached hydrogen (secondary N) is 2. The van der Waals surface area contributed by atoms with Crippen molar-refractivity contribution < 1.29 is 28.6 Å². The zero-order valence-corrected chi connectivity index (χ0v) is 20.1. The molecule has 3 N–H and O–H groups in total. The van der Waals surface area contributed by atoms with Crippen molar-refractivity contribution in [1.82, 2.24) is 10.6 Å². The van der Waals surface area contributed by atoms with E-state index in [2.05, 4.69) is 10.6 Å². The summed E-state index contributed by atoms with van der Waals surface area (Å²) in [6.07, 6.45) is -0.828. The van der Waals surface area contributed by atoms with E-state index in [1.165, 1.54) is 12.1 Å². The molecule has 1 aliphatic rings. The second-order valence-corrected chi connectivity index (χ2v) is 9.31. The molecule has 1 unspecified atom stereocenters. The van der Waals surface area contributed by atoms with E-state index in [9.17, 15) is 23.9 Å². The number of fused-ring (bicyclic) bond motifs is 3. The number of carbonyl (C=O) groups is 3. The molecule has 0 radical (unpaired) electrons. The number of benzene rings is 3. The number of thioether (sulfide) groups is 1. The molecule has 2 amide bonds. The molecule has 0 aromatic heterocycles. The van der Waals surface area contributed by atoms with Gasteiger partial charge in [-0.3, -0.25) is 4.79 Å². The second kappa shape index (κ2) is 11.7. The number of alkyl carbamates (subject to hydrolysis) is 1. The first-order valence-electron chi connectivity index (χ1n) is 11.4. The Balaban J connectivity index is 1.24. The van der Waals surface area contributed by atoms with E-state index in [0.29, 0.717) is 0 Å². The third-order valence-electron chi connectivity index (χ3n) is 5.85. The largest absolute Gasteiger partial charge is 0.480 e. The third kappa shape index (κ3) is 6.23. The van der Waals surface area contributed by atoms with Crippen molar-refractivity contribution in [3.8, 4) is 11.1 Å². The van der Waals surface area contributed by atoms with Gasteiger partial charge in [0.15, 0.2) is 0 Å². The number of halogens is 1. The second-order valence-electron chi connectivity index (χ2n) is 8.28. The van der Waals surface area contributed by atoms with Crippen molar-refractivity contribution in [1.29, 1.82) is 0 Å². The van der Waals surface area contributed by atoms with E-state index in [-0.39, 0.29) is 42.3 Å². The zero-order valence-electron chi connectivity index (χ0n) is 19.3. The fourth-order valence-corrected chi connectivity index (χ4v) is 4.95. The number of ether oxygens (including phenoxy) is 1. The third-order valence-corrected chi connectivity index (χ3v) is 6.89. The molecule has 0 bridgehead atoms. The average Bonchev–Trinajstić information content (AvgIpc) is 3.20. The summed E-state index contributed by atoms with van der Waals surface area (Å²) in [6.45, 7) is 0.311. The highest BCUT2D eigenvalue weighted by Crippen LogP contribution is 2.44. The Hall–Kier alpha value is -3.85. The first-order chi connectivity index (χ1) is 17.4. The summed E-state index contributed by atoms with van der Waals surface area (Å²) < 4.78 is 18.4. The molecule has 0 saturated heterocycles. The van der Waals surface area contributed by atoms with Crippen LogP contribution in [0.2, 0.25) is 0 Å². The van der Waals surface area contributed by atoms with Crippen LogP contribution in [0.5, 0.6) is 0 Å². The summed E-state index contributed by atoms with van der Waals surface area (Å²) >= 11 is 1.08. The van der Waals surface area contributed by atoms with Crippen molar-refractivity contribution in [3.63, 3.8) is 0 Å². The Bertz CT molecular complexity index is 1210. The average molecular weight is 509 g/mol. The number of carboxylic acids is 1. The number of carbonyl (C=O) groups excluding carboxylic acids is 2. The van der Waals surface area contributed by atoms with Crippen LogP contribution in [0.25, 0.3) is 11.1 Å². The van der Waals surface area contributed by atoms with Gasteiger partial charge in [-0.15, -0.1) is 11.8 Å². The van der Waals surface area contributed by atoms with Crippen LogP contribution in [0, 0.1) is 5.82 Å². The van der Waals surface area contributed by atoms with Crippen LogP contribution in [-0.4, -0.2) is 47.2 Å². The summed E-state index contributed by atoms with van der Waals surface area (Å²) in [6, 6.07) is 20.4. The Labute approximate surface area is 212 Å². The molecule has 186 valence electrons. The van der Waals surface area contributed by atoms with Crippen LogP contribution in [0.4, 0.5) is 9.18 Å². The van der Waals surface area contributed by atoms with Gasteiger partial charge in [-0.05, 0) is 39.9 Å². The van der Waals surface area contributed by atoms with Crippen LogP contribution in [0.15, 0.2) is 72.8 Å². The normalized spacial score (nSPS) is 12.8. The Kier molecular flexibility index (Phi) is 8.22. The van der Waals surface area contributed by atoms with Crippen molar-refractivity contribution >= 4 is 29.7 Å². The van der Waals surface area contributed by atoms with E-state index >= 15 is 0 Å². The van der Waals surface area contributed by atoms with E-state index in [1.807, 2.05) is 48.5 Å². The van der Waals surface area contributed by atoms with Gasteiger partial charge >= 0.3 is 12.1 Å². The van der Waals surface area contributed by atoms with Crippen LogP contribution in [0.1, 0.15) is 22.6 Å². The number of carboxylic acid groups (broad SMARTS) is 1. The molecule has 1 aliphatic carbocycles. The summed E-state index contributed by atoms with van der Waals surface area (Å²) in [5.41, 5.74) is 5.06. The lowest BCUT2D eigenvalue weighted by Gasteiger charge is -2.17. The minimum Gasteiger partial charge on any atom is -0.480 e. The molecule has 0 aliphatic heterocycles. The molecule has 3 aromatic carbocycles. The molecule has 36 heavy (non-hydrogen) atoms. The predicted octanol–water partition coefficient (Wildman–Crippen LogP) is 4.17. The summed E-state index contributed by atoms with van der Waals surface area (Å²) in [5.74, 6) is -2.01. The molecule has 3 aromatic rings. The molecule has 0 spiro atoms. The van der Waals surface area contributed by atoms with Crippen LogP contribution in [-0.2, 0) is 20.9 Å². The van der Waals surface area contributed by atoms with Crippen LogP contribution >= 0.6 is 11.8 Å². The van der Waals surface area contributed by atoms with Gasteiger partial charge in [0.05, 0.1) is 5.75 Å². The first kappa shape index (κ1) is 25.2. The van der Waals surface area contributed by atoms with Gasteiger partial charge in [0.2, 0.25) is 5.91 Å². The smallest absolute Gasteiger partial charge is 0.407 e. The van der Waals surface area contributed by atoms with Crippen molar-refractivity contribution in [2.45, 2.75) is 18.5 Å². The number of aliphatic carboxylic acids is 1. The molecular formula is C27H25FN2O5S. The minimum atomic E-state index is -1.22. The molecule has 0 heterocycles. The minimum absolute atomic E-state index is 0.0104. The van der Waals surface area contributed by atoms with Gasteiger partial charge in [0.25, 0.3) is 0 Å². The first-order valence-corrected chi connectivity index (χ1v) is 12.5. The monoisotopic (exact) mass is 508 g/mol. The van der Waals surface area contributed by atoms with Gasteiger partial charge in [-0.25, -0.2) is 14.0 Å². The lowest BCUT2D eigenvalue weighted by Crippen LogP contribution is -2.43. The van der Waals surface area contributed by atoms with Gasteiger partial charge < -0.3 is 20.5 Å². The Morgan fingerprint density at radius 3 is 2.17 bits per heavy atom. The highest BCUT2D eigenvalue weighted by Gasteiger charge is 2.29. The number of hydrogen-bond acceptors (Lipinski definition) is 5. The Morgan fingerprint density at radius 1 is 0.944 bits per heavy atom. The fourth-order valence-electron chi connectivity index (χ4n) is 4.08. The topological polar surface area (TPSA) is 105 Å². The number of hydrogen-bond donors (Lipinski definition) is 3. The summed E-state index contributed by atoms with van der Waals surface area (Å²) in [7, 11) is 0. The quantitative estimate of drug-likeness (QED) is 0.380. The molecule has 7 nitrogen and oxygen atoms in total. The maximum absolute atomic E-state index is 13.0. The van der Waals surface area contributed by atoms with Crippen molar-refractivity contribution in [2.24, 2.45) is 0 Å². The van der Waals surface area contributed by atoms with E-state index < -0.39 is 18.1 Å². The van der Waals surface area contributed by atoms with Gasteiger partial charge in [-0.1, -0.05) is 60.7 Å². The summed E-state index contributed by atoms with van der Waals surface area (Å²) in [4.78, 5) is 36.1. The standard InChI is InChI=1S/C27H25FN2O5S/c28-18-11-9-17(10-12-18)13-29-25(31)16-36-15-24(26(32)33)30-27(34)35-14-23-21-7-3-1-5-19(21)20-6-2-4-8-22(20)23/h1-12,23-24H,13-16H2,(H,29,31)(H,30,34)(H,32,33). The molecular weight excluding hydrogens is 483 g/mol. The van der Waals surface area contributed by atoms with Crippen LogP contribution < -0.4 is 10.6 Å². The van der Waals surface area contributed by atoms with E-state index in [4.69, 9.17) is 4.74 Å². The summed E-state index contributed by atoms with van der Waals surface area (Å²) in [5, 5.41) is 14.6. The molecule has 0 fully saturated rings. The molecule has 1 atom stereocenters. The fraction of sp³-hybridized carbons (Fsp3) is 0.222. The van der Waals surface area contributed by atoms with Gasteiger partial charge in [0.1, 0.15) is 18.5 Å². The zero-order chi connectivity index (χ0) is 25.5. The maximum atomic E-state index is 13.0. The Morgan fingerprint density at radius 2 is 1.56 bits per heavy atom. The lowest BCUT2D eigenvalue weighted by atomic mass is 9.98. The highest BCUT2D eigenvalue weighted by molar-refractivity contribution is 8.00. The van der Waals surface area contributed by atoms with Crippen molar-refractivity contribution in [2.75, 3.05) is 18.1 Å².